The van der Waals surface area contributed by atoms with E-state index in [4.69, 9.17) is 16.7 Å². The number of para-hydroxylation sites is 1. The smallest absolute Gasteiger partial charge is 0.257 e. The monoisotopic (exact) mass is 436 g/mol. The second-order valence-corrected chi connectivity index (χ2v) is 8.39. The van der Waals surface area contributed by atoms with Crippen molar-refractivity contribution < 1.29 is 9.59 Å². The molecule has 3 aromatic rings. The average Bonchev–Trinajstić information content (AvgIpc) is 3.24. The fourth-order valence-corrected chi connectivity index (χ4v) is 3.86. The molecule has 0 atom stereocenters. The maximum absolute atomic E-state index is 13.5. The molecule has 2 aromatic carbocycles. The van der Waals surface area contributed by atoms with Crippen LogP contribution in [0.5, 0.6) is 0 Å². The molecule has 160 valence electrons. The van der Waals surface area contributed by atoms with Gasteiger partial charge in [-0.3, -0.25) is 9.59 Å². The van der Waals surface area contributed by atoms with Gasteiger partial charge in [0.15, 0.2) is 0 Å². The predicted octanol–water partition coefficient (Wildman–Crippen LogP) is 4.13. The fraction of sp³-hybridized carbons (Fsp3) is 0.292. The summed E-state index contributed by atoms with van der Waals surface area (Å²) in [6.45, 7) is 5.91. The maximum Gasteiger partial charge on any atom is 0.257 e. The van der Waals surface area contributed by atoms with Gasteiger partial charge in [0, 0.05) is 48.9 Å². The van der Waals surface area contributed by atoms with E-state index in [1.54, 1.807) is 27.9 Å². The minimum atomic E-state index is -0.0798. The maximum atomic E-state index is 13.5. The minimum absolute atomic E-state index is 0.0390. The van der Waals surface area contributed by atoms with Crippen molar-refractivity contribution in [2.45, 2.75) is 13.8 Å². The standard InChI is InChI=1S/C24H25ClN4O2/c1-17(2)23(30)27-12-14-28(15-13-27)24(31)21-16-29(20-6-4-3-5-7-20)26-22(21)18-8-10-19(25)11-9-18/h3-11,16-17H,12-15H2,1-2H3. The van der Waals surface area contributed by atoms with Crippen molar-refractivity contribution in [3.05, 3.63) is 71.4 Å². The van der Waals surface area contributed by atoms with Gasteiger partial charge < -0.3 is 9.80 Å². The molecule has 0 bridgehead atoms. The Bertz CT molecular complexity index is 1070. The largest absolute Gasteiger partial charge is 0.339 e. The van der Waals surface area contributed by atoms with Crippen LogP contribution in [0.15, 0.2) is 60.8 Å². The first-order valence-corrected chi connectivity index (χ1v) is 10.8. The molecule has 1 fully saturated rings. The van der Waals surface area contributed by atoms with Gasteiger partial charge in [0.2, 0.25) is 5.91 Å². The van der Waals surface area contributed by atoms with Crippen LogP contribution in [0.25, 0.3) is 16.9 Å². The van der Waals surface area contributed by atoms with Gasteiger partial charge in [0.1, 0.15) is 5.69 Å². The Morgan fingerprint density at radius 2 is 1.52 bits per heavy atom. The van der Waals surface area contributed by atoms with E-state index >= 15 is 0 Å². The second kappa shape index (κ2) is 8.94. The van der Waals surface area contributed by atoms with Gasteiger partial charge >= 0.3 is 0 Å². The van der Waals surface area contributed by atoms with Crippen LogP contribution in [0.2, 0.25) is 5.02 Å². The molecule has 31 heavy (non-hydrogen) atoms. The number of nitrogens with zero attached hydrogens (tertiary/aromatic N) is 4. The number of hydrogen-bond acceptors (Lipinski definition) is 3. The summed E-state index contributed by atoms with van der Waals surface area (Å²) in [4.78, 5) is 29.4. The van der Waals surface area contributed by atoms with Crippen LogP contribution in [-0.2, 0) is 4.79 Å². The van der Waals surface area contributed by atoms with Gasteiger partial charge in [-0.05, 0) is 24.3 Å². The number of rotatable bonds is 4. The van der Waals surface area contributed by atoms with E-state index in [-0.39, 0.29) is 17.7 Å². The lowest BCUT2D eigenvalue weighted by Gasteiger charge is -2.35. The highest BCUT2D eigenvalue weighted by Gasteiger charge is 2.28. The molecule has 0 N–H and O–H groups in total. The molecule has 0 spiro atoms. The van der Waals surface area contributed by atoms with Gasteiger partial charge in [0.05, 0.1) is 11.3 Å². The van der Waals surface area contributed by atoms with E-state index in [9.17, 15) is 9.59 Å². The molecule has 2 heterocycles. The minimum Gasteiger partial charge on any atom is -0.339 e. The summed E-state index contributed by atoms with van der Waals surface area (Å²) in [6.07, 6.45) is 1.78. The molecule has 0 aliphatic carbocycles. The molecule has 1 aliphatic rings. The van der Waals surface area contributed by atoms with Gasteiger partial charge in [-0.2, -0.15) is 5.10 Å². The van der Waals surface area contributed by atoms with E-state index in [1.165, 1.54) is 0 Å². The SMILES string of the molecule is CC(C)C(=O)N1CCN(C(=O)c2cn(-c3ccccc3)nc2-c2ccc(Cl)cc2)CC1. The average molecular weight is 437 g/mol. The molecule has 1 aliphatic heterocycles. The number of halogens is 1. The Balaban J connectivity index is 1.63. The molecular weight excluding hydrogens is 412 g/mol. The van der Waals surface area contributed by atoms with Crippen molar-refractivity contribution >= 4 is 23.4 Å². The predicted molar refractivity (Wildman–Crippen MR) is 121 cm³/mol. The lowest BCUT2D eigenvalue weighted by atomic mass is 10.1. The van der Waals surface area contributed by atoms with Crippen LogP contribution >= 0.6 is 11.6 Å². The Morgan fingerprint density at radius 1 is 0.903 bits per heavy atom. The van der Waals surface area contributed by atoms with E-state index in [0.29, 0.717) is 42.5 Å². The van der Waals surface area contributed by atoms with E-state index in [2.05, 4.69) is 0 Å². The number of benzene rings is 2. The highest BCUT2D eigenvalue weighted by molar-refractivity contribution is 6.30. The third-order valence-corrected chi connectivity index (χ3v) is 5.71. The molecule has 4 rings (SSSR count). The molecule has 2 amide bonds. The number of amides is 2. The van der Waals surface area contributed by atoms with Crippen molar-refractivity contribution in [1.82, 2.24) is 19.6 Å². The van der Waals surface area contributed by atoms with Crippen molar-refractivity contribution in [1.29, 1.82) is 0 Å². The number of carbonyl (C=O) groups excluding carboxylic acids is 2. The lowest BCUT2D eigenvalue weighted by molar-refractivity contribution is -0.135. The number of piperazine rings is 1. The Hall–Kier alpha value is -3.12. The summed E-state index contributed by atoms with van der Waals surface area (Å²) in [7, 11) is 0. The van der Waals surface area contributed by atoms with Crippen LogP contribution in [0.4, 0.5) is 0 Å². The van der Waals surface area contributed by atoms with Crippen LogP contribution in [-0.4, -0.2) is 57.6 Å². The highest BCUT2D eigenvalue weighted by Crippen LogP contribution is 2.27. The summed E-state index contributed by atoms with van der Waals surface area (Å²) in [5.74, 6) is 0.0116. The lowest BCUT2D eigenvalue weighted by Crippen LogP contribution is -2.51. The quantitative estimate of drug-likeness (QED) is 0.617. The topological polar surface area (TPSA) is 58.4 Å². The molecule has 0 unspecified atom stereocenters. The highest BCUT2D eigenvalue weighted by atomic mass is 35.5. The summed E-state index contributed by atoms with van der Waals surface area (Å²) in [5.41, 5.74) is 2.86. The molecule has 1 saturated heterocycles. The van der Waals surface area contributed by atoms with Crippen LogP contribution in [0, 0.1) is 5.92 Å². The van der Waals surface area contributed by atoms with E-state index in [1.807, 2.05) is 61.2 Å². The molecule has 0 radical (unpaired) electrons. The summed E-state index contributed by atoms with van der Waals surface area (Å²) in [5, 5.41) is 5.35. The Labute approximate surface area is 187 Å². The molecular formula is C24H25ClN4O2. The first-order chi connectivity index (χ1) is 14.9. The van der Waals surface area contributed by atoms with Gasteiger partial charge in [-0.25, -0.2) is 4.68 Å². The Morgan fingerprint density at radius 3 is 2.13 bits per heavy atom. The number of carbonyl (C=O) groups is 2. The zero-order valence-electron chi connectivity index (χ0n) is 17.7. The van der Waals surface area contributed by atoms with Crippen LogP contribution in [0.3, 0.4) is 0 Å². The zero-order valence-corrected chi connectivity index (χ0v) is 18.4. The molecule has 7 heteroatoms. The molecule has 0 saturated carbocycles. The van der Waals surface area contributed by atoms with Crippen LogP contribution in [0.1, 0.15) is 24.2 Å². The molecule has 6 nitrogen and oxygen atoms in total. The van der Waals surface area contributed by atoms with E-state index in [0.717, 1.165) is 11.3 Å². The van der Waals surface area contributed by atoms with Crippen molar-refractivity contribution in [3.63, 3.8) is 0 Å². The fourth-order valence-electron chi connectivity index (χ4n) is 3.73. The van der Waals surface area contributed by atoms with Gasteiger partial charge in [0.25, 0.3) is 5.91 Å². The number of aromatic nitrogens is 2. The first-order valence-electron chi connectivity index (χ1n) is 10.4. The first kappa shape index (κ1) is 21.1. The zero-order chi connectivity index (χ0) is 22.0. The number of hydrogen-bond donors (Lipinski definition) is 0. The van der Waals surface area contributed by atoms with Gasteiger partial charge in [-0.1, -0.05) is 55.8 Å². The third kappa shape index (κ3) is 4.49. The normalized spacial score (nSPS) is 14.2. The van der Waals surface area contributed by atoms with Gasteiger partial charge in [-0.15, -0.1) is 0 Å². The second-order valence-electron chi connectivity index (χ2n) is 7.95. The molecule has 1 aromatic heterocycles. The summed E-state index contributed by atoms with van der Waals surface area (Å²) < 4.78 is 1.73. The Kier molecular flexibility index (Phi) is 6.09. The van der Waals surface area contributed by atoms with Crippen LogP contribution < -0.4 is 0 Å². The third-order valence-electron chi connectivity index (χ3n) is 5.46. The van der Waals surface area contributed by atoms with Crippen molar-refractivity contribution in [2.24, 2.45) is 5.92 Å². The van der Waals surface area contributed by atoms with E-state index < -0.39 is 0 Å². The van der Waals surface area contributed by atoms with Crippen molar-refractivity contribution in [3.8, 4) is 16.9 Å². The summed E-state index contributed by atoms with van der Waals surface area (Å²) in [6, 6.07) is 17.0. The van der Waals surface area contributed by atoms with Crippen molar-refractivity contribution in [2.75, 3.05) is 26.2 Å². The summed E-state index contributed by atoms with van der Waals surface area (Å²) >= 11 is 6.05.